The van der Waals surface area contributed by atoms with Crippen LogP contribution in [0.4, 0.5) is 4.79 Å². The number of ether oxygens (including phenoxy) is 2. The van der Waals surface area contributed by atoms with Crippen LogP contribution in [0.5, 0.6) is 5.75 Å². The van der Waals surface area contributed by atoms with Gasteiger partial charge >= 0.3 is 6.09 Å². The van der Waals surface area contributed by atoms with Crippen LogP contribution in [0.15, 0.2) is 41.3 Å². The van der Waals surface area contributed by atoms with E-state index in [2.05, 4.69) is 10.6 Å². The van der Waals surface area contributed by atoms with E-state index in [0.717, 1.165) is 12.8 Å². The van der Waals surface area contributed by atoms with Crippen molar-refractivity contribution in [1.82, 2.24) is 20.3 Å². The number of hydrogen-bond acceptors (Lipinski definition) is 10. The van der Waals surface area contributed by atoms with Gasteiger partial charge in [0, 0.05) is 18.9 Å². The highest BCUT2D eigenvalue weighted by Crippen LogP contribution is 2.46. The fourth-order valence-electron chi connectivity index (χ4n) is 5.75. The third-order valence-corrected chi connectivity index (χ3v) is 9.46. The topological polar surface area (TPSA) is 224 Å². The SMILES string of the molecule is CC(C)(C)OC(=O)N[C@H]1CCCCC/C=C\[C@@H]2C[C@@]2(C(=O)NS(=O)(=O)c2ccccc2OCC(N)=O)NC(=O)[C@@H]2C[C@@H](O)CN2C1=O. The number of sulfonamides is 1. The number of para-hydroxylation sites is 1. The summed E-state index contributed by atoms with van der Waals surface area (Å²) in [6.45, 7) is 4.30. The molecule has 15 nitrogen and oxygen atoms in total. The maximum atomic E-state index is 13.8. The van der Waals surface area contributed by atoms with Crippen molar-refractivity contribution in [2.45, 2.75) is 99.9 Å². The summed E-state index contributed by atoms with van der Waals surface area (Å²) in [5.74, 6) is -3.93. The number of fused-ring (bicyclic) bond motifs is 2. The van der Waals surface area contributed by atoms with E-state index in [9.17, 15) is 37.5 Å². The Labute approximate surface area is 273 Å². The highest BCUT2D eigenvalue weighted by atomic mass is 32.2. The fraction of sp³-hybridized carbons (Fsp3) is 0.581. The Kier molecular flexibility index (Phi) is 10.8. The summed E-state index contributed by atoms with van der Waals surface area (Å²) in [5, 5.41) is 15.8. The molecule has 6 N–H and O–H groups in total. The van der Waals surface area contributed by atoms with Crippen LogP contribution in [0.1, 0.15) is 65.7 Å². The van der Waals surface area contributed by atoms with Crippen molar-refractivity contribution in [3.63, 3.8) is 0 Å². The van der Waals surface area contributed by atoms with E-state index in [4.69, 9.17) is 15.2 Å². The van der Waals surface area contributed by atoms with Gasteiger partial charge in [-0.25, -0.2) is 17.9 Å². The maximum Gasteiger partial charge on any atom is 0.408 e. The van der Waals surface area contributed by atoms with E-state index in [1.54, 1.807) is 26.8 Å². The second kappa shape index (κ2) is 14.3. The minimum atomic E-state index is -4.56. The third kappa shape index (κ3) is 9.00. The largest absolute Gasteiger partial charge is 0.482 e. The number of aliphatic hydroxyl groups is 1. The van der Waals surface area contributed by atoms with Crippen LogP contribution in [0.2, 0.25) is 0 Å². The molecule has 16 heteroatoms. The van der Waals surface area contributed by atoms with Gasteiger partial charge in [0.15, 0.2) is 6.61 Å². The average molecular weight is 678 g/mol. The summed E-state index contributed by atoms with van der Waals surface area (Å²) in [6.07, 6.45) is 4.69. The molecule has 3 aliphatic rings. The number of hydrogen-bond donors (Lipinski definition) is 5. The zero-order valence-corrected chi connectivity index (χ0v) is 27.5. The van der Waals surface area contributed by atoms with Crippen molar-refractivity contribution >= 4 is 39.7 Å². The predicted octanol–water partition coefficient (Wildman–Crippen LogP) is 0.606. The summed E-state index contributed by atoms with van der Waals surface area (Å²) in [5.41, 5.74) is 2.65. The molecule has 0 spiro atoms. The van der Waals surface area contributed by atoms with Gasteiger partial charge in [-0.3, -0.25) is 19.2 Å². The minimum Gasteiger partial charge on any atom is -0.482 e. The summed E-state index contributed by atoms with van der Waals surface area (Å²) in [6, 6.07) is 3.16. The van der Waals surface area contributed by atoms with Crippen molar-refractivity contribution in [3.8, 4) is 5.75 Å². The molecule has 1 aromatic carbocycles. The maximum absolute atomic E-state index is 13.8. The number of carbonyl (C=O) groups excluding carboxylic acids is 5. The van der Waals surface area contributed by atoms with E-state index < -0.39 is 86.5 Å². The van der Waals surface area contributed by atoms with Gasteiger partial charge < -0.3 is 35.8 Å². The van der Waals surface area contributed by atoms with Crippen molar-refractivity contribution in [3.05, 3.63) is 36.4 Å². The van der Waals surface area contributed by atoms with E-state index in [1.807, 2.05) is 10.8 Å². The minimum absolute atomic E-state index is 0.0858. The number of nitrogens with two attached hydrogens (primary N) is 1. The average Bonchev–Trinajstić information content (AvgIpc) is 3.53. The first-order valence-corrected chi connectivity index (χ1v) is 17.0. The third-order valence-electron chi connectivity index (χ3n) is 8.09. The molecule has 1 saturated carbocycles. The van der Waals surface area contributed by atoms with Crippen LogP contribution in [-0.4, -0.2) is 90.6 Å². The normalized spacial score (nSPS) is 27.5. The first kappa shape index (κ1) is 35.7. The second-order valence-corrected chi connectivity index (χ2v) is 14.7. The molecule has 4 rings (SSSR count). The number of carbonyl (C=O) groups is 5. The number of alkyl carbamates (subject to hydrolysis) is 1. The molecule has 0 aromatic heterocycles. The van der Waals surface area contributed by atoms with Crippen LogP contribution in [0, 0.1) is 5.92 Å². The molecule has 1 aromatic rings. The molecular formula is C31H43N5O10S. The fourth-order valence-corrected chi connectivity index (χ4v) is 6.94. The van der Waals surface area contributed by atoms with Crippen molar-refractivity contribution < 1.29 is 47.0 Å². The van der Waals surface area contributed by atoms with Crippen LogP contribution >= 0.6 is 0 Å². The Morgan fingerprint density at radius 2 is 1.87 bits per heavy atom. The van der Waals surface area contributed by atoms with Crippen molar-refractivity contribution in [2.24, 2.45) is 11.7 Å². The molecule has 0 radical (unpaired) electrons. The van der Waals surface area contributed by atoms with Crippen LogP contribution in [0.25, 0.3) is 0 Å². The van der Waals surface area contributed by atoms with Gasteiger partial charge in [-0.2, -0.15) is 0 Å². The van der Waals surface area contributed by atoms with E-state index in [-0.39, 0.29) is 31.6 Å². The Balaban J connectivity index is 1.59. The number of rotatable bonds is 7. The summed E-state index contributed by atoms with van der Waals surface area (Å²) >= 11 is 0. The molecule has 5 atom stereocenters. The number of primary amides is 1. The Morgan fingerprint density at radius 1 is 1.15 bits per heavy atom. The lowest BCUT2D eigenvalue weighted by Gasteiger charge is -2.30. The Bertz CT molecular complexity index is 1520. The number of nitrogens with one attached hydrogen (secondary N) is 3. The van der Waals surface area contributed by atoms with Gasteiger partial charge in [0.1, 0.15) is 33.9 Å². The van der Waals surface area contributed by atoms with Gasteiger partial charge in [0.25, 0.3) is 21.8 Å². The lowest BCUT2D eigenvalue weighted by atomic mass is 10.0. The first-order chi connectivity index (χ1) is 22.0. The standard InChI is InChI=1S/C31H43N5O10S/c1-30(2,3)46-29(42)33-21-12-8-6-4-5-7-11-19-16-31(19,34-26(39)22-15-20(37)17-36(22)27(21)40)28(41)35-47(43,44)24-14-10-9-13-23(24)45-18-25(32)38/h7,9-11,13-14,19-22,37H,4-6,8,12,15-18H2,1-3H3,(H2,32,38)(H,33,42)(H,34,39)(H,35,41)/b11-7-/t19-,20-,21+,22+,31-/m1/s1. The van der Waals surface area contributed by atoms with Crippen LogP contribution in [-0.2, 0) is 33.9 Å². The van der Waals surface area contributed by atoms with Crippen LogP contribution in [0.3, 0.4) is 0 Å². The highest BCUT2D eigenvalue weighted by molar-refractivity contribution is 7.90. The smallest absolute Gasteiger partial charge is 0.408 e. The highest BCUT2D eigenvalue weighted by Gasteiger charge is 2.61. The summed E-state index contributed by atoms with van der Waals surface area (Å²) in [7, 11) is -4.56. The zero-order valence-electron chi connectivity index (χ0n) is 26.7. The Morgan fingerprint density at radius 3 is 2.57 bits per heavy atom. The van der Waals surface area contributed by atoms with Gasteiger partial charge in [0.2, 0.25) is 11.8 Å². The lowest BCUT2D eigenvalue weighted by molar-refractivity contribution is -0.141. The molecule has 5 amide bonds. The number of nitrogens with zero attached hydrogens (tertiary/aromatic N) is 1. The quantitative estimate of drug-likeness (QED) is 0.253. The van der Waals surface area contributed by atoms with Gasteiger partial charge in [-0.05, 0) is 58.6 Å². The van der Waals surface area contributed by atoms with Gasteiger partial charge in [-0.1, -0.05) is 37.1 Å². The first-order valence-electron chi connectivity index (χ1n) is 15.6. The van der Waals surface area contributed by atoms with E-state index in [1.165, 1.54) is 29.2 Å². The van der Waals surface area contributed by atoms with Crippen molar-refractivity contribution in [2.75, 3.05) is 13.2 Å². The molecule has 0 unspecified atom stereocenters. The van der Waals surface area contributed by atoms with E-state index in [0.29, 0.717) is 12.8 Å². The summed E-state index contributed by atoms with van der Waals surface area (Å²) < 4.78 is 39.4. The molecule has 0 bridgehead atoms. The number of allylic oxidation sites excluding steroid dienone is 1. The van der Waals surface area contributed by atoms with Gasteiger partial charge in [0.05, 0.1) is 6.10 Å². The zero-order chi connectivity index (χ0) is 34.6. The number of aliphatic hydroxyl groups excluding tert-OH is 1. The molecule has 1 saturated heterocycles. The lowest BCUT2D eigenvalue weighted by Crippen LogP contribution is -2.58. The molecule has 1 aliphatic carbocycles. The van der Waals surface area contributed by atoms with Gasteiger partial charge in [-0.15, -0.1) is 0 Å². The molecular weight excluding hydrogens is 634 g/mol. The molecule has 2 heterocycles. The molecule has 2 aliphatic heterocycles. The predicted molar refractivity (Wildman–Crippen MR) is 167 cm³/mol. The number of amides is 5. The van der Waals surface area contributed by atoms with Crippen LogP contribution < -0.4 is 25.8 Å². The monoisotopic (exact) mass is 677 g/mol. The van der Waals surface area contributed by atoms with E-state index >= 15 is 0 Å². The molecule has 258 valence electrons. The molecule has 2 fully saturated rings. The van der Waals surface area contributed by atoms with Crippen molar-refractivity contribution in [1.29, 1.82) is 0 Å². The molecule has 47 heavy (non-hydrogen) atoms. The second-order valence-electron chi connectivity index (χ2n) is 13.1. The number of benzene rings is 1. The summed E-state index contributed by atoms with van der Waals surface area (Å²) in [4.78, 5) is 65.9. The Hall–Kier alpha value is -4.18.